The summed E-state index contributed by atoms with van der Waals surface area (Å²) in [4.78, 5) is 19.2. The van der Waals surface area contributed by atoms with Crippen molar-refractivity contribution >= 4 is 23.0 Å². The number of aromatic nitrogens is 2. The lowest BCUT2D eigenvalue weighted by molar-refractivity contribution is -0.126. The molecule has 3 aromatic rings. The lowest BCUT2D eigenvalue weighted by Crippen LogP contribution is -2.29. The lowest BCUT2D eigenvalue weighted by atomic mass is 10.1. The highest BCUT2D eigenvalue weighted by molar-refractivity contribution is 5.97. The fraction of sp³-hybridized carbons (Fsp3) is 0.238. The van der Waals surface area contributed by atoms with Gasteiger partial charge < -0.3 is 9.47 Å². The van der Waals surface area contributed by atoms with Crippen molar-refractivity contribution in [2.24, 2.45) is 0 Å². The molecule has 1 saturated heterocycles. The molecule has 4 rings (SSSR count). The Morgan fingerprint density at radius 2 is 1.88 bits per heavy atom. The van der Waals surface area contributed by atoms with E-state index < -0.39 is 0 Å². The maximum atomic E-state index is 12.8. The van der Waals surface area contributed by atoms with E-state index in [1.807, 2.05) is 72.8 Å². The number of rotatable bonds is 3. The van der Waals surface area contributed by atoms with Crippen molar-refractivity contribution in [2.75, 3.05) is 13.1 Å². The van der Waals surface area contributed by atoms with Gasteiger partial charge in [-0.3, -0.25) is 4.79 Å². The number of amides is 1. The molecule has 0 spiro atoms. The highest BCUT2D eigenvalue weighted by atomic mass is 16.2. The highest BCUT2D eigenvalue weighted by Gasteiger charge is 2.28. The molecule has 2 heterocycles. The molecule has 25 heavy (non-hydrogen) atoms. The van der Waals surface area contributed by atoms with Crippen molar-refractivity contribution < 1.29 is 4.79 Å². The normalized spacial score (nSPS) is 18.0. The number of carbonyl (C=O) groups excluding carboxylic acids is 1. The highest BCUT2D eigenvalue weighted by Crippen LogP contribution is 2.26. The van der Waals surface area contributed by atoms with Gasteiger partial charge in [-0.15, -0.1) is 0 Å². The number of hydrogen-bond donors (Lipinski definition) is 0. The number of benzene rings is 2. The van der Waals surface area contributed by atoms with Gasteiger partial charge in [0.25, 0.3) is 0 Å². The molecule has 1 fully saturated rings. The van der Waals surface area contributed by atoms with Gasteiger partial charge in [0.15, 0.2) is 0 Å². The van der Waals surface area contributed by atoms with Gasteiger partial charge in [0.05, 0.1) is 23.4 Å². The molecule has 0 saturated carbocycles. The van der Waals surface area contributed by atoms with Crippen molar-refractivity contribution in [3.63, 3.8) is 0 Å². The van der Waals surface area contributed by atoms with Crippen LogP contribution in [0.1, 0.15) is 24.9 Å². The SMILES string of the molecule is C/C(=C\c1ccccc1)C(=O)N1CCC(n2cnc3ccccc32)C1. The van der Waals surface area contributed by atoms with Gasteiger partial charge in [0.1, 0.15) is 0 Å². The second-order valence-corrected chi connectivity index (χ2v) is 6.57. The smallest absolute Gasteiger partial charge is 0.249 e. The maximum absolute atomic E-state index is 12.8. The minimum Gasteiger partial charge on any atom is -0.337 e. The second kappa shape index (κ2) is 6.55. The predicted molar refractivity (Wildman–Crippen MR) is 100 cm³/mol. The molecule has 0 radical (unpaired) electrons. The molecule has 2 aromatic carbocycles. The van der Waals surface area contributed by atoms with Crippen LogP contribution in [0.5, 0.6) is 0 Å². The van der Waals surface area contributed by atoms with Gasteiger partial charge in [0, 0.05) is 18.7 Å². The van der Waals surface area contributed by atoms with Crippen LogP contribution in [0.2, 0.25) is 0 Å². The maximum Gasteiger partial charge on any atom is 0.249 e. The minimum atomic E-state index is 0.121. The third-order valence-corrected chi connectivity index (χ3v) is 4.85. The summed E-state index contributed by atoms with van der Waals surface area (Å²) < 4.78 is 2.21. The van der Waals surface area contributed by atoms with Crippen LogP contribution < -0.4 is 0 Å². The van der Waals surface area contributed by atoms with Crippen LogP contribution in [0.3, 0.4) is 0 Å². The Labute approximate surface area is 147 Å². The molecule has 1 amide bonds. The van der Waals surface area contributed by atoms with Crippen LogP contribution in [0, 0.1) is 0 Å². The van der Waals surface area contributed by atoms with Crippen molar-refractivity contribution in [2.45, 2.75) is 19.4 Å². The largest absolute Gasteiger partial charge is 0.337 e. The molecule has 0 bridgehead atoms. The number of hydrogen-bond acceptors (Lipinski definition) is 2. The van der Waals surface area contributed by atoms with Gasteiger partial charge in [0.2, 0.25) is 5.91 Å². The number of likely N-dealkylation sites (tertiary alicyclic amines) is 1. The van der Waals surface area contributed by atoms with Crippen molar-refractivity contribution in [3.05, 3.63) is 72.1 Å². The van der Waals surface area contributed by atoms with Crippen LogP contribution >= 0.6 is 0 Å². The number of para-hydroxylation sites is 2. The zero-order valence-corrected chi connectivity index (χ0v) is 14.3. The van der Waals surface area contributed by atoms with Gasteiger partial charge in [-0.2, -0.15) is 0 Å². The Hall–Kier alpha value is -2.88. The fourth-order valence-electron chi connectivity index (χ4n) is 3.53. The molecular weight excluding hydrogens is 310 g/mol. The summed E-state index contributed by atoms with van der Waals surface area (Å²) in [6.07, 6.45) is 4.82. The summed E-state index contributed by atoms with van der Waals surface area (Å²) in [5.41, 5.74) is 3.98. The number of imidazole rings is 1. The fourth-order valence-corrected chi connectivity index (χ4v) is 3.53. The van der Waals surface area contributed by atoms with E-state index in [1.54, 1.807) is 0 Å². The zero-order valence-electron chi connectivity index (χ0n) is 14.3. The quantitative estimate of drug-likeness (QED) is 0.682. The van der Waals surface area contributed by atoms with Crippen LogP contribution in [0.25, 0.3) is 17.1 Å². The van der Waals surface area contributed by atoms with Gasteiger partial charge in [-0.25, -0.2) is 4.98 Å². The first kappa shape index (κ1) is 15.6. The van der Waals surface area contributed by atoms with Gasteiger partial charge >= 0.3 is 0 Å². The Morgan fingerprint density at radius 3 is 2.72 bits per heavy atom. The van der Waals surface area contributed by atoms with E-state index >= 15 is 0 Å². The summed E-state index contributed by atoms with van der Waals surface area (Å²) in [6, 6.07) is 18.4. The monoisotopic (exact) mass is 331 g/mol. The van der Waals surface area contributed by atoms with E-state index in [0.29, 0.717) is 6.04 Å². The topological polar surface area (TPSA) is 38.1 Å². The average molecular weight is 331 g/mol. The average Bonchev–Trinajstić information content (AvgIpc) is 3.28. The molecule has 1 aliphatic heterocycles. The molecule has 1 aromatic heterocycles. The molecule has 1 atom stereocenters. The minimum absolute atomic E-state index is 0.121. The first-order chi connectivity index (χ1) is 12.2. The summed E-state index contributed by atoms with van der Waals surface area (Å²) in [5, 5.41) is 0. The van der Waals surface area contributed by atoms with Gasteiger partial charge in [-0.1, -0.05) is 42.5 Å². The Morgan fingerprint density at radius 1 is 1.12 bits per heavy atom. The van der Waals surface area contributed by atoms with Crippen molar-refractivity contribution in [1.29, 1.82) is 0 Å². The number of nitrogens with zero attached hydrogens (tertiary/aromatic N) is 3. The third-order valence-electron chi connectivity index (χ3n) is 4.85. The molecule has 1 aliphatic rings. The molecule has 0 N–H and O–H groups in total. The van der Waals surface area contributed by atoms with E-state index in [1.165, 1.54) is 0 Å². The number of carbonyl (C=O) groups is 1. The van der Waals surface area contributed by atoms with Crippen LogP contribution in [0.15, 0.2) is 66.5 Å². The van der Waals surface area contributed by atoms with Gasteiger partial charge in [-0.05, 0) is 37.1 Å². The van der Waals surface area contributed by atoms with Crippen molar-refractivity contribution in [1.82, 2.24) is 14.5 Å². The molecule has 1 unspecified atom stereocenters. The molecule has 4 nitrogen and oxygen atoms in total. The summed E-state index contributed by atoms with van der Waals surface area (Å²) in [5.74, 6) is 0.121. The molecule has 126 valence electrons. The zero-order chi connectivity index (χ0) is 17.2. The molecular formula is C21H21N3O. The van der Waals surface area contributed by atoms with E-state index in [9.17, 15) is 4.79 Å². The summed E-state index contributed by atoms with van der Waals surface area (Å²) in [7, 11) is 0. The predicted octanol–water partition coefficient (Wildman–Crippen LogP) is 3.91. The van der Waals surface area contributed by atoms with Crippen LogP contribution in [-0.4, -0.2) is 33.4 Å². The standard InChI is InChI=1S/C21H21N3O/c1-16(13-17-7-3-2-4-8-17)21(25)23-12-11-18(14-23)24-15-22-19-9-5-6-10-20(19)24/h2-10,13,15,18H,11-12,14H2,1H3/b16-13+. The first-order valence-electron chi connectivity index (χ1n) is 8.66. The van der Waals surface area contributed by atoms with Crippen molar-refractivity contribution in [3.8, 4) is 0 Å². The van der Waals surface area contributed by atoms with E-state index in [0.717, 1.165) is 41.7 Å². The third kappa shape index (κ3) is 3.07. The Bertz CT molecular complexity index is 926. The second-order valence-electron chi connectivity index (χ2n) is 6.57. The van der Waals surface area contributed by atoms with E-state index in [4.69, 9.17) is 0 Å². The molecule has 0 aliphatic carbocycles. The summed E-state index contributed by atoms with van der Waals surface area (Å²) >= 11 is 0. The summed E-state index contributed by atoms with van der Waals surface area (Å²) in [6.45, 7) is 3.42. The first-order valence-corrected chi connectivity index (χ1v) is 8.66. The van der Waals surface area contributed by atoms with Crippen LogP contribution in [0.4, 0.5) is 0 Å². The Balaban J connectivity index is 1.50. The lowest BCUT2D eigenvalue weighted by Gasteiger charge is -2.18. The van der Waals surface area contributed by atoms with Crippen LogP contribution in [-0.2, 0) is 4.79 Å². The molecule has 4 heteroatoms. The Kier molecular flexibility index (Phi) is 4.10. The van der Waals surface area contributed by atoms with E-state index in [2.05, 4.69) is 15.6 Å². The van der Waals surface area contributed by atoms with E-state index in [-0.39, 0.29) is 5.91 Å². The number of fused-ring (bicyclic) bond motifs is 1.